The van der Waals surface area contributed by atoms with Crippen molar-refractivity contribution in [3.8, 4) is 22.6 Å². The molecule has 0 aliphatic heterocycles. The van der Waals surface area contributed by atoms with Crippen LogP contribution in [0.3, 0.4) is 0 Å². The number of rotatable bonds is 7. The SMILES string of the molecule is Cl.NCCOc1ccc(-c2cccc(F)c2Cl)cc1OCc1ccccc1. The Kier molecular flexibility index (Phi) is 7.92. The van der Waals surface area contributed by atoms with E-state index in [0.717, 1.165) is 11.1 Å². The van der Waals surface area contributed by atoms with Crippen molar-refractivity contribution >= 4 is 24.0 Å². The van der Waals surface area contributed by atoms with Gasteiger partial charge < -0.3 is 15.2 Å². The maximum absolute atomic E-state index is 13.8. The molecule has 27 heavy (non-hydrogen) atoms. The van der Waals surface area contributed by atoms with Gasteiger partial charge in [0.2, 0.25) is 0 Å². The lowest BCUT2D eigenvalue weighted by molar-refractivity contribution is 0.266. The molecular weight excluding hydrogens is 388 g/mol. The third kappa shape index (κ3) is 5.36. The summed E-state index contributed by atoms with van der Waals surface area (Å²) < 4.78 is 25.4. The molecule has 3 aromatic rings. The Labute approximate surface area is 169 Å². The standard InChI is InChI=1S/C21H19ClFNO2.ClH/c22-21-17(7-4-8-18(21)23)16-9-10-19(25-12-11-24)20(13-16)26-14-15-5-2-1-3-6-15;/h1-10,13H,11-12,14,24H2;1H. The fraction of sp³-hybridized carbons (Fsp3) is 0.143. The lowest BCUT2D eigenvalue weighted by Crippen LogP contribution is -2.11. The summed E-state index contributed by atoms with van der Waals surface area (Å²) in [6.45, 7) is 1.16. The molecule has 142 valence electrons. The van der Waals surface area contributed by atoms with Crippen LogP contribution < -0.4 is 15.2 Å². The first-order chi connectivity index (χ1) is 12.7. The maximum atomic E-state index is 13.8. The Bertz CT molecular complexity index is 875. The van der Waals surface area contributed by atoms with Gasteiger partial charge in [-0.1, -0.05) is 60.1 Å². The molecule has 2 N–H and O–H groups in total. The number of nitrogens with two attached hydrogens (primary N) is 1. The van der Waals surface area contributed by atoms with Crippen LogP contribution in [0.1, 0.15) is 5.56 Å². The molecule has 0 aromatic heterocycles. The van der Waals surface area contributed by atoms with Gasteiger partial charge in [-0.3, -0.25) is 0 Å². The van der Waals surface area contributed by atoms with Gasteiger partial charge in [0.25, 0.3) is 0 Å². The zero-order valence-corrected chi connectivity index (χ0v) is 16.1. The molecule has 3 aromatic carbocycles. The largest absolute Gasteiger partial charge is 0.488 e. The molecule has 0 atom stereocenters. The molecule has 0 heterocycles. The number of benzene rings is 3. The molecule has 0 radical (unpaired) electrons. The molecule has 0 fully saturated rings. The summed E-state index contributed by atoms with van der Waals surface area (Å²) in [6, 6.07) is 19.9. The van der Waals surface area contributed by atoms with Gasteiger partial charge >= 0.3 is 0 Å². The predicted octanol–water partition coefficient (Wildman–Crippen LogP) is 5.48. The van der Waals surface area contributed by atoms with Crippen molar-refractivity contribution in [2.24, 2.45) is 5.73 Å². The molecular formula is C21H20Cl2FNO2. The average molecular weight is 408 g/mol. The highest BCUT2D eigenvalue weighted by molar-refractivity contribution is 6.33. The van der Waals surface area contributed by atoms with Gasteiger partial charge in [-0.25, -0.2) is 4.39 Å². The molecule has 3 nitrogen and oxygen atoms in total. The van der Waals surface area contributed by atoms with Crippen molar-refractivity contribution in [1.82, 2.24) is 0 Å². The summed E-state index contributed by atoms with van der Waals surface area (Å²) in [4.78, 5) is 0. The molecule has 6 heteroatoms. The Morgan fingerprint density at radius 2 is 1.67 bits per heavy atom. The maximum Gasteiger partial charge on any atom is 0.162 e. The molecule has 0 bridgehead atoms. The minimum absolute atomic E-state index is 0. The van der Waals surface area contributed by atoms with Gasteiger partial charge in [0, 0.05) is 12.1 Å². The second-order valence-corrected chi connectivity index (χ2v) is 6.05. The van der Waals surface area contributed by atoms with Crippen molar-refractivity contribution in [2.45, 2.75) is 6.61 Å². The highest BCUT2D eigenvalue weighted by Crippen LogP contribution is 2.36. The van der Waals surface area contributed by atoms with Crippen LogP contribution in [-0.2, 0) is 6.61 Å². The van der Waals surface area contributed by atoms with Crippen LogP contribution in [0.2, 0.25) is 5.02 Å². The second-order valence-electron chi connectivity index (χ2n) is 5.67. The van der Waals surface area contributed by atoms with E-state index in [2.05, 4.69) is 0 Å². The highest BCUT2D eigenvalue weighted by Gasteiger charge is 2.12. The van der Waals surface area contributed by atoms with E-state index in [0.29, 0.717) is 36.8 Å². The van der Waals surface area contributed by atoms with Crippen LogP contribution in [0.4, 0.5) is 4.39 Å². The fourth-order valence-corrected chi connectivity index (χ4v) is 2.77. The average Bonchev–Trinajstić information content (AvgIpc) is 2.68. The van der Waals surface area contributed by atoms with Crippen molar-refractivity contribution in [1.29, 1.82) is 0 Å². The molecule has 0 amide bonds. The third-order valence-corrected chi connectivity index (χ3v) is 4.20. The summed E-state index contributed by atoms with van der Waals surface area (Å²) in [7, 11) is 0. The van der Waals surface area contributed by atoms with E-state index >= 15 is 0 Å². The monoisotopic (exact) mass is 407 g/mol. The van der Waals surface area contributed by atoms with Crippen LogP contribution in [0.25, 0.3) is 11.1 Å². The molecule has 0 unspecified atom stereocenters. The topological polar surface area (TPSA) is 44.5 Å². The van der Waals surface area contributed by atoms with E-state index in [4.69, 9.17) is 26.8 Å². The van der Waals surface area contributed by atoms with Gasteiger partial charge in [-0.2, -0.15) is 0 Å². The smallest absolute Gasteiger partial charge is 0.162 e. The first-order valence-electron chi connectivity index (χ1n) is 8.27. The lowest BCUT2D eigenvalue weighted by Gasteiger charge is -2.15. The van der Waals surface area contributed by atoms with Crippen molar-refractivity contribution in [3.05, 3.63) is 83.1 Å². The Morgan fingerprint density at radius 3 is 2.41 bits per heavy atom. The van der Waals surface area contributed by atoms with Gasteiger partial charge in [-0.15, -0.1) is 12.4 Å². The van der Waals surface area contributed by atoms with Crippen LogP contribution in [-0.4, -0.2) is 13.2 Å². The van der Waals surface area contributed by atoms with Crippen LogP contribution >= 0.6 is 24.0 Å². The van der Waals surface area contributed by atoms with Crippen molar-refractivity contribution in [2.75, 3.05) is 13.2 Å². The summed E-state index contributed by atoms with van der Waals surface area (Å²) in [6.07, 6.45) is 0. The Morgan fingerprint density at radius 1 is 0.889 bits per heavy atom. The number of ether oxygens (including phenoxy) is 2. The summed E-state index contributed by atoms with van der Waals surface area (Å²) in [5, 5.41) is 0.0807. The van der Waals surface area contributed by atoms with E-state index < -0.39 is 5.82 Å². The Balaban J connectivity index is 0.00000261. The van der Waals surface area contributed by atoms with Crippen LogP contribution in [0, 0.1) is 5.82 Å². The van der Waals surface area contributed by atoms with Crippen molar-refractivity contribution < 1.29 is 13.9 Å². The summed E-state index contributed by atoms with van der Waals surface area (Å²) in [5.41, 5.74) is 7.90. The number of halogens is 3. The third-order valence-electron chi connectivity index (χ3n) is 3.82. The lowest BCUT2D eigenvalue weighted by atomic mass is 10.0. The highest BCUT2D eigenvalue weighted by atomic mass is 35.5. The van der Waals surface area contributed by atoms with E-state index in [-0.39, 0.29) is 17.4 Å². The zero-order valence-electron chi connectivity index (χ0n) is 14.5. The normalized spacial score (nSPS) is 10.2. The molecule has 0 aliphatic rings. The molecule has 0 saturated carbocycles. The number of hydrogen-bond acceptors (Lipinski definition) is 3. The van der Waals surface area contributed by atoms with Crippen LogP contribution in [0.5, 0.6) is 11.5 Å². The first-order valence-corrected chi connectivity index (χ1v) is 8.65. The number of hydrogen-bond donors (Lipinski definition) is 1. The first kappa shape index (κ1) is 21.0. The van der Waals surface area contributed by atoms with Gasteiger partial charge in [0.1, 0.15) is 19.0 Å². The van der Waals surface area contributed by atoms with Gasteiger partial charge in [0.15, 0.2) is 11.5 Å². The molecule has 0 spiro atoms. The Hall–Kier alpha value is -2.27. The van der Waals surface area contributed by atoms with Crippen LogP contribution in [0.15, 0.2) is 66.7 Å². The van der Waals surface area contributed by atoms with Crippen molar-refractivity contribution in [3.63, 3.8) is 0 Å². The van der Waals surface area contributed by atoms with E-state index in [1.807, 2.05) is 36.4 Å². The predicted molar refractivity (Wildman–Crippen MR) is 109 cm³/mol. The minimum Gasteiger partial charge on any atom is -0.488 e. The quantitative estimate of drug-likeness (QED) is 0.563. The fourth-order valence-electron chi connectivity index (χ4n) is 2.54. The van der Waals surface area contributed by atoms with E-state index in [1.54, 1.807) is 24.3 Å². The molecule has 0 aliphatic carbocycles. The second kappa shape index (κ2) is 10.2. The van der Waals surface area contributed by atoms with Gasteiger partial charge in [0.05, 0.1) is 5.02 Å². The van der Waals surface area contributed by atoms with E-state index in [1.165, 1.54) is 6.07 Å². The summed E-state index contributed by atoms with van der Waals surface area (Å²) in [5.74, 6) is 0.683. The van der Waals surface area contributed by atoms with E-state index in [9.17, 15) is 4.39 Å². The van der Waals surface area contributed by atoms with Gasteiger partial charge in [-0.05, 0) is 29.3 Å². The minimum atomic E-state index is -0.459. The molecule has 0 saturated heterocycles. The zero-order chi connectivity index (χ0) is 18.4. The summed E-state index contributed by atoms with van der Waals surface area (Å²) >= 11 is 6.11. The molecule has 3 rings (SSSR count).